The summed E-state index contributed by atoms with van der Waals surface area (Å²) >= 11 is 0. The maximum Gasteiger partial charge on any atom is 0.194 e. The summed E-state index contributed by atoms with van der Waals surface area (Å²) in [6.07, 6.45) is 8.19. The number of aromatic nitrogens is 3. The number of aliphatic imine (C=N–C) groups is 1. The van der Waals surface area contributed by atoms with Crippen LogP contribution in [0.4, 0.5) is 0 Å². The minimum Gasteiger partial charge on any atom is -0.391 e. The van der Waals surface area contributed by atoms with Crippen LogP contribution in [0.15, 0.2) is 17.6 Å². The van der Waals surface area contributed by atoms with Crippen molar-refractivity contribution in [1.29, 1.82) is 0 Å². The van der Waals surface area contributed by atoms with Crippen molar-refractivity contribution >= 4 is 5.96 Å². The van der Waals surface area contributed by atoms with Crippen molar-refractivity contribution in [2.75, 3.05) is 26.2 Å². The molecule has 124 valence electrons. The summed E-state index contributed by atoms with van der Waals surface area (Å²) in [7, 11) is 0. The Morgan fingerprint density at radius 2 is 2.36 bits per heavy atom. The number of rotatable bonds is 7. The lowest BCUT2D eigenvalue weighted by Crippen LogP contribution is -2.48. The molecule has 2 heterocycles. The summed E-state index contributed by atoms with van der Waals surface area (Å²) in [5, 5.41) is 17.4. The Hall–Kier alpha value is -1.63. The van der Waals surface area contributed by atoms with E-state index in [9.17, 15) is 5.11 Å². The number of nitrogens with zero attached hydrogens (tertiary/aromatic N) is 5. The van der Waals surface area contributed by atoms with Gasteiger partial charge in [-0.1, -0.05) is 13.3 Å². The van der Waals surface area contributed by atoms with Crippen LogP contribution in [-0.2, 0) is 6.54 Å². The van der Waals surface area contributed by atoms with Crippen molar-refractivity contribution in [1.82, 2.24) is 25.0 Å². The third kappa shape index (κ3) is 5.63. The van der Waals surface area contributed by atoms with Gasteiger partial charge < -0.3 is 15.3 Å². The lowest BCUT2D eigenvalue weighted by atomic mass is 10.1. The second-order valence-electron chi connectivity index (χ2n) is 5.74. The van der Waals surface area contributed by atoms with Crippen LogP contribution in [0, 0.1) is 0 Å². The Labute approximate surface area is 132 Å². The van der Waals surface area contributed by atoms with Crippen LogP contribution >= 0.6 is 0 Å². The lowest BCUT2D eigenvalue weighted by Gasteiger charge is -2.33. The highest BCUT2D eigenvalue weighted by molar-refractivity contribution is 5.80. The zero-order valence-corrected chi connectivity index (χ0v) is 13.5. The van der Waals surface area contributed by atoms with Crippen LogP contribution in [-0.4, -0.2) is 63.0 Å². The number of likely N-dealkylation sites (tertiary alicyclic amines) is 1. The van der Waals surface area contributed by atoms with Gasteiger partial charge in [-0.3, -0.25) is 9.67 Å². The number of aryl methyl sites for hydroxylation is 1. The van der Waals surface area contributed by atoms with Crippen LogP contribution in [0.2, 0.25) is 0 Å². The number of guanidine groups is 1. The minimum absolute atomic E-state index is 0.234. The van der Waals surface area contributed by atoms with Crippen LogP contribution in [0.1, 0.15) is 39.0 Å². The number of aliphatic hydroxyl groups is 1. The molecule has 1 aliphatic heterocycles. The molecule has 7 heteroatoms. The Morgan fingerprint density at radius 1 is 1.45 bits per heavy atom. The van der Waals surface area contributed by atoms with Gasteiger partial charge in [-0.2, -0.15) is 5.10 Å². The van der Waals surface area contributed by atoms with E-state index in [1.165, 1.54) is 0 Å². The summed E-state index contributed by atoms with van der Waals surface area (Å²) in [6, 6.07) is 0. The third-order valence-corrected chi connectivity index (χ3v) is 3.78. The minimum atomic E-state index is -0.234. The molecule has 1 aromatic rings. The first-order valence-corrected chi connectivity index (χ1v) is 8.33. The number of β-amino-alcohol motifs (C(OH)–C–C–N with tert-alkyl or cyclic N) is 1. The molecule has 0 radical (unpaired) electrons. The molecule has 2 N–H and O–H groups in total. The Morgan fingerprint density at radius 3 is 3.09 bits per heavy atom. The molecule has 1 aliphatic rings. The zero-order chi connectivity index (χ0) is 15.6. The molecule has 0 spiro atoms. The summed E-state index contributed by atoms with van der Waals surface area (Å²) < 4.78 is 1.82. The highest BCUT2D eigenvalue weighted by atomic mass is 16.3. The number of aliphatic hydroxyl groups excluding tert-OH is 1. The van der Waals surface area contributed by atoms with Crippen molar-refractivity contribution < 1.29 is 5.11 Å². The number of hydrogen-bond donors (Lipinski definition) is 2. The summed E-state index contributed by atoms with van der Waals surface area (Å²) in [5.41, 5.74) is 0. The van der Waals surface area contributed by atoms with Crippen molar-refractivity contribution in [3.8, 4) is 0 Å². The van der Waals surface area contributed by atoms with E-state index in [2.05, 4.69) is 27.2 Å². The van der Waals surface area contributed by atoms with E-state index in [0.717, 1.165) is 64.2 Å². The lowest BCUT2D eigenvalue weighted by molar-refractivity contribution is 0.101. The molecule has 2 rings (SSSR count). The van der Waals surface area contributed by atoms with Gasteiger partial charge in [0.25, 0.3) is 0 Å². The van der Waals surface area contributed by atoms with Crippen LogP contribution < -0.4 is 5.32 Å². The molecule has 0 bridgehead atoms. The molecule has 0 saturated carbocycles. The Kier molecular flexibility index (Phi) is 7.15. The van der Waals surface area contributed by atoms with Gasteiger partial charge in [-0.15, -0.1) is 0 Å². The number of unbranched alkanes of at least 4 members (excludes halogenated alkanes) is 1. The van der Waals surface area contributed by atoms with Crippen molar-refractivity contribution in [3.63, 3.8) is 0 Å². The van der Waals surface area contributed by atoms with Gasteiger partial charge in [-0.05, 0) is 25.7 Å². The van der Waals surface area contributed by atoms with E-state index in [0.29, 0.717) is 6.54 Å². The van der Waals surface area contributed by atoms with E-state index in [-0.39, 0.29) is 6.10 Å². The quantitative estimate of drug-likeness (QED) is 0.444. The zero-order valence-electron chi connectivity index (χ0n) is 13.5. The molecule has 0 amide bonds. The fourth-order valence-corrected chi connectivity index (χ4v) is 2.56. The molecule has 1 saturated heterocycles. The Bertz CT molecular complexity index is 433. The van der Waals surface area contributed by atoms with Gasteiger partial charge >= 0.3 is 0 Å². The van der Waals surface area contributed by atoms with E-state index >= 15 is 0 Å². The van der Waals surface area contributed by atoms with E-state index in [1.54, 1.807) is 12.7 Å². The normalized spacial score (nSPS) is 19.5. The standard InChI is InChI=1S/C15H28N6O/c1-2-3-7-17-15(20-9-4-6-14(22)11-20)18-8-5-10-21-13-16-12-19-21/h12-14,22H,2-11H2,1H3,(H,17,18)/t14-/m1/s1. The number of nitrogens with one attached hydrogen (secondary N) is 1. The first-order chi connectivity index (χ1) is 10.8. The number of hydrogen-bond acceptors (Lipinski definition) is 4. The fourth-order valence-electron chi connectivity index (χ4n) is 2.56. The van der Waals surface area contributed by atoms with Crippen molar-refractivity contribution in [2.45, 2.75) is 51.7 Å². The SMILES string of the molecule is CCCCNC(=NCCCn1cncn1)N1CCC[C@@H](O)C1. The Balaban J connectivity index is 1.83. The van der Waals surface area contributed by atoms with E-state index in [4.69, 9.17) is 4.99 Å². The summed E-state index contributed by atoms with van der Waals surface area (Å²) in [6.45, 7) is 6.35. The van der Waals surface area contributed by atoms with E-state index < -0.39 is 0 Å². The molecular weight excluding hydrogens is 280 g/mol. The first-order valence-electron chi connectivity index (χ1n) is 8.33. The van der Waals surface area contributed by atoms with Crippen LogP contribution in [0.25, 0.3) is 0 Å². The maximum absolute atomic E-state index is 9.85. The average Bonchev–Trinajstić information content (AvgIpc) is 3.03. The molecule has 0 aliphatic carbocycles. The van der Waals surface area contributed by atoms with Crippen molar-refractivity contribution in [3.05, 3.63) is 12.7 Å². The smallest absolute Gasteiger partial charge is 0.194 e. The highest BCUT2D eigenvalue weighted by Crippen LogP contribution is 2.10. The van der Waals surface area contributed by atoms with Gasteiger partial charge in [0.1, 0.15) is 12.7 Å². The molecule has 7 nitrogen and oxygen atoms in total. The largest absolute Gasteiger partial charge is 0.391 e. The van der Waals surface area contributed by atoms with Gasteiger partial charge in [0.15, 0.2) is 5.96 Å². The average molecular weight is 308 g/mol. The van der Waals surface area contributed by atoms with Crippen LogP contribution in [0.5, 0.6) is 0 Å². The van der Waals surface area contributed by atoms with Gasteiger partial charge in [0.05, 0.1) is 6.10 Å². The van der Waals surface area contributed by atoms with E-state index in [1.807, 2.05) is 4.68 Å². The molecule has 0 unspecified atom stereocenters. The maximum atomic E-state index is 9.85. The first kappa shape index (κ1) is 16.7. The molecular formula is C15H28N6O. The molecule has 22 heavy (non-hydrogen) atoms. The summed E-state index contributed by atoms with van der Waals surface area (Å²) in [4.78, 5) is 10.8. The molecule has 1 aromatic heterocycles. The molecule has 1 fully saturated rings. The van der Waals surface area contributed by atoms with Crippen molar-refractivity contribution in [2.24, 2.45) is 4.99 Å². The fraction of sp³-hybridized carbons (Fsp3) is 0.800. The third-order valence-electron chi connectivity index (χ3n) is 3.78. The topological polar surface area (TPSA) is 78.6 Å². The monoisotopic (exact) mass is 308 g/mol. The van der Waals surface area contributed by atoms with Gasteiger partial charge in [0.2, 0.25) is 0 Å². The predicted molar refractivity (Wildman–Crippen MR) is 86.7 cm³/mol. The predicted octanol–water partition coefficient (Wildman–Crippen LogP) is 0.871. The van der Waals surface area contributed by atoms with Crippen LogP contribution in [0.3, 0.4) is 0 Å². The number of piperidine rings is 1. The second kappa shape index (κ2) is 9.40. The second-order valence-corrected chi connectivity index (χ2v) is 5.74. The molecule has 1 atom stereocenters. The van der Waals surface area contributed by atoms with Gasteiger partial charge in [-0.25, -0.2) is 4.98 Å². The summed E-state index contributed by atoms with van der Waals surface area (Å²) in [5.74, 6) is 0.936. The van der Waals surface area contributed by atoms with Gasteiger partial charge in [0, 0.05) is 32.7 Å². The molecule has 0 aromatic carbocycles. The highest BCUT2D eigenvalue weighted by Gasteiger charge is 2.20.